The van der Waals surface area contributed by atoms with E-state index < -0.39 is 5.54 Å². The quantitative estimate of drug-likeness (QED) is 0.898. The number of nitrogens with zero attached hydrogens (tertiary/aromatic N) is 1. The van der Waals surface area contributed by atoms with Gasteiger partial charge in [-0.3, -0.25) is 4.79 Å². The molecular formula is C15H22ClN3O. The van der Waals surface area contributed by atoms with Gasteiger partial charge in [0.05, 0.1) is 16.9 Å². The van der Waals surface area contributed by atoms with Gasteiger partial charge in [-0.2, -0.15) is 0 Å². The van der Waals surface area contributed by atoms with Gasteiger partial charge in [-0.15, -0.1) is 0 Å². The molecule has 2 rings (SSSR count). The minimum atomic E-state index is -0.439. The van der Waals surface area contributed by atoms with Crippen LogP contribution in [-0.4, -0.2) is 32.1 Å². The van der Waals surface area contributed by atoms with E-state index in [4.69, 9.17) is 11.6 Å². The van der Waals surface area contributed by atoms with Crippen LogP contribution in [0.4, 0.5) is 11.4 Å². The van der Waals surface area contributed by atoms with Gasteiger partial charge in [-0.05, 0) is 44.0 Å². The molecule has 1 fully saturated rings. The Bertz CT molecular complexity index is 496. The van der Waals surface area contributed by atoms with Crippen LogP contribution in [0.3, 0.4) is 0 Å². The highest BCUT2D eigenvalue weighted by Crippen LogP contribution is 2.30. The summed E-state index contributed by atoms with van der Waals surface area (Å²) in [4.78, 5) is 14.6. The SMILES string of the molecule is CCC1(C(=O)Nc2cc(Cl)ccc2N(C)C)CCCN1. The van der Waals surface area contributed by atoms with Crippen molar-refractivity contribution < 1.29 is 4.79 Å². The van der Waals surface area contributed by atoms with Crippen molar-refractivity contribution in [3.05, 3.63) is 23.2 Å². The van der Waals surface area contributed by atoms with Crippen molar-refractivity contribution >= 4 is 28.9 Å². The Morgan fingerprint density at radius 1 is 1.50 bits per heavy atom. The molecule has 1 aromatic rings. The summed E-state index contributed by atoms with van der Waals surface area (Å²) in [5.74, 6) is 0.0304. The Balaban J connectivity index is 2.25. The molecule has 2 N–H and O–H groups in total. The molecule has 5 heteroatoms. The van der Waals surface area contributed by atoms with Crippen LogP contribution in [0.15, 0.2) is 18.2 Å². The molecule has 4 nitrogen and oxygen atoms in total. The number of benzene rings is 1. The Morgan fingerprint density at radius 2 is 2.25 bits per heavy atom. The lowest BCUT2D eigenvalue weighted by atomic mass is 9.93. The van der Waals surface area contributed by atoms with Crippen molar-refractivity contribution in [1.29, 1.82) is 0 Å². The van der Waals surface area contributed by atoms with Gasteiger partial charge < -0.3 is 15.5 Å². The molecule has 1 heterocycles. The van der Waals surface area contributed by atoms with Gasteiger partial charge in [0, 0.05) is 19.1 Å². The molecule has 1 saturated heterocycles. The highest BCUT2D eigenvalue weighted by atomic mass is 35.5. The maximum absolute atomic E-state index is 12.6. The monoisotopic (exact) mass is 295 g/mol. The van der Waals surface area contributed by atoms with Gasteiger partial charge in [-0.25, -0.2) is 0 Å². The predicted molar refractivity (Wildman–Crippen MR) is 84.7 cm³/mol. The van der Waals surface area contributed by atoms with Gasteiger partial charge in [0.2, 0.25) is 5.91 Å². The van der Waals surface area contributed by atoms with E-state index in [0.717, 1.165) is 37.2 Å². The van der Waals surface area contributed by atoms with Crippen molar-refractivity contribution in [2.24, 2.45) is 0 Å². The first-order valence-corrected chi connectivity index (χ1v) is 7.39. The van der Waals surface area contributed by atoms with Crippen molar-refractivity contribution in [3.8, 4) is 0 Å². The van der Waals surface area contributed by atoms with Gasteiger partial charge >= 0.3 is 0 Å². The number of rotatable bonds is 4. The zero-order chi connectivity index (χ0) is 14.8. The lowest BCUT2D eigenvalue weighted by Crippen LogP contribution is -2.50. The van der Waals surface area contributed by atoms with Gasteiger partial charge in [0.1, 0.15) is 0 Å². The molecule has 1 amide bonds. The number of nitrogens with one attached hydrogen (secondary N) is 2. The number of carbonyl (C=O) groups is 1. The first-order chi connectivity index (χ1) is 9.48. The van der Waals surface area contributed by atoms with E-state index in [0.29, 0.717) is 5.02 Å². The average molecular weight is 296 g/mol. The molecule has 1 aliphatic rings. The Hall–Kier alpha value is -1.26. The largest absolute Gasteiger partial charge is 0.376 e. The molecule has 1 aliphatic heterocycles. The minimum absolute atomic E-state index is 0.0304. The molecule has 0 aliphatic carbocycles. The number of anilines is 2. The fraction of sp³-hybridized carbons (Fsp3) is 0.533. The number of carbonyl (C=O) groups excluding carboxylic acids is 1. The van der Waals surface area contributed by atoms with Crippen LogP contribution in [0.5, 0.6) is 0 Å². The third-order valence-electron chi connectivity index (χ3n) is 3.97. The zero-order valence-corrected chi connectivity index (χ0v) is 13.0. The second-order valence-electron chi connectivity index (χ2n) is 5.48. The third kappa shape index (κ3) is 2.91. The summed E-state index contributed by atoms with van der Waals surface area (Å²) in [5.41, 5.74) is 1.27. The van der Waals surface area contributed by atoms with Crippen LogP contribution in [0, 0.1) is 0 Å². The van der Waals surface area contributed by atoms with E-state index in [1.54, 1.807) is 6.07 Å². The van der Waals surface area contributed by atoms with E-state index in [9.17, 15) is 4.79 Å². The Labute approximate surface area is 125 Å². The Morgan fingerprint density at radius 3 is 2.80 bits per heavy atom. The summed E-state index contributed by atoms with van der Waals surface area (Å²) >= 11 is 6.05. The maximum atomic E-state index is 12.6. The second kappa shape index (κ2) is 6.02. The van der Waals surface area contributed by atoms with Crippen molar-refractivity contribution in [2.45, 2.75) is 31.7 Å². The number of halogens is 1. The summed E-state index contributed by atoms with van der Waals surface area (Å²) in [6.07, 6.45) is 2.71. The average Bonchev–Trinajstić information content (AvgIpc) is 2.88. The maximum Gasteiger partial charge on any atom is 0.244 e. The predicted octanol–water partition coefficient (Wildman–Crippen LogP) is 2.88. The molecule has 0 bridgehead atoms. The van der Waals surface area contributed by atoms with Crippen LogP contribution < -0.4 is 15.5 Å². The van der Waals surface area contributed by atoms with Crippen LogP contribution in [0.25, 0.3) is 0 Å². The van der Waals surface area contributed by atoms with Crippen LogP contribution in [0.1, 0.15) is 26.2 Å². The van der Waals surface area contributed by atoms with Gasteiger partial charge in [0.15, 0.2) is 0 Å². The van der Waals surface area contributed by atoms with E-state index >= 15 is 0 Å². The van der Waals surface area contributed by atoms with E-state index in [2.05, 4.69) is 10.6 Å². The molecule has 20 heavy (non-hydrogen) atoms. The van der Waals surface area contributed by atoms with Crippen LogP contribution in [0.2, 0.25) is 5.02 Å². The minimum Gasteiger partial charge on any atom is -0.376 e. The molecule has 0 radical (unpaired) electrons. The molecule has 0 aromatic heterocycles. The summed E-state index contributed by atoms with van der Waals surface area (Å²) in [7, 11) is 3.89. The molecular weight excluding hydrogens is 274 g/mol. The van der Waals surface area contributed by atoms with Crippen LogP contribution in [-0.2, 0) is 4.79 Å². The molecule has 1 aromatic carbocycles. The fourth-order valence-corrected chi connectivity index (χ4v) is 2.87. The van der Waals surface area contributed by atoms with Gasteiger partial charge in [-0.1, -0.05) is 18.5 Å². The first kappa shape index (κ1) is 15.1. The molecule has 1 unspecified atom stereocenters. The lowest BCUT2D eigenvalue weighted by molar-refractivity contribution is -0.122. The number of amides is 1. The summed E-state index contributed by atoms with van der Waals surface area (Å²) < 4.78 is 0. The summed E-state index contributed by atoms with van der Waals surface area (Å²) in [5, 5.41) is 7.00. The fourth-order valence-electron chi connectivity index (χ4n) is 2.70. The molecule has 0 saturated carbocycles. The smallest absolute Gasteiger partial charge is 0.244 e. The number of hydrogen-bond acceptors (Lipinski definition) is 3. The second-order valence-corrected chi connectivity index (χ2v) is 5.91. The molecule has 1 atom stereocenters. The third-order valence-corrected chi connectivity index (χ3v) is 4.21. The van der Waals surface area contributed by atoms with Crippen molar-refractivity contribution in [3.63, 3.8) is 0 Å². The first-order valence-electron chi connectivity index (χ1n) is 7.02. The van der Waals surface area contributed by atoms with Gasteiger partial charge in [0.25, 0.3) is 0 Å². The molecule has 110 valence electrons. The highest BCUT2D eigenvalue weighted by Gasteiger charge is 2.39. The zero-order valence-electron chi connectivity index (χ0n) is 12.3. The highest BCUT2D eigenvalue weighted by molar-refractivity contribution is 6.31. The van der Waals surface area contributed by atoms with E-state index in [1.807, 2.05) is 38.1 Å². The molecule has 0 spiro atoms. The van der Waals surface area contributed by atoms with E-state index in [1.165, 1.54) is 0 Å². The van der Waals surface area contributed by atoms with E-state index in [-0.39, 0.29) is 5.91 Å². The van der Waals surface area contributed by atoms with Crippen molar-refractivity contribution in [1.82, 2.24) is 5.32 Å². The van der Waals surface area contributed by atoms with Crippen molar-refractivity contribution in [2.75, 3.05) is 30.9 Å². The Kier molecular flexibility index (Phi) is 4.55. The number of hydrogen-bond donors (Lipinski definition) is 2. The van der Waals surface area contributed by atoms with Crippen LogP contribution >= 0.6 is 11.6 Å². The normalized spacial score (nSPS) is 21.8. The summed E-state index contributed by atoms with van der Waals surface area (Å²) in [6.45, 7) is 2.94. The lowest BCUT2D eigenvalue weighted by Gasteiger charge is -2.28. The standard InChI is InChI=1S/C15H22ClN3O/c1-4-15(8-5-9-17-15)14(20)18-12-10-11(16)6-7-13(12)19(2)3/h6-7,10,17H,4-5,8-9H2,1-3H3,(H,18,20). The summed E-state index contributed by atoms with van der Waals surface area (Å²) in [6, 6.07) is 5.54. The topological polar surface area (TPSA) is 44.4 Å².